The van der Waals surface area contributed by atoms with Crippen molar-refractivity contribution >= 4 is 5.97 Å². The number of ether oxygens (including phenoxy) is 1. The van der Waals surface area contributed by atoms with Crippen molar-refractivity contribution in [1.82, 2.24) is 0 Å². The summed E-state index contributed by atoms with van der Waals surface area (Å²) in [4.78, 5) is 12.6. The zero-order valence-corrected chi connectivity index (χ0v) is 25.4. The second-order valence-corrected chi connectivity index (χ2v) is 14.1. The minimum Gasteiger partial charge on any atom is -0.462 e. The van der Waals surface area contributed by atoms with Crippen LogP contribution in [0.1, 0.15) is 132 Å². The Kier molecular flexibility index (Phi) is 10.2. The van der Waals surface area contributed by atoms with Crippen LogP contribution in [0.3, 0.4) is 0 Å². The topological polar surface area (TPSA) is 73.9 Å². The van der Waals surface area contributed by atoms with Gasteiger partial charge in [0.05, 0.1) is 12.1 Å². The zero-order valence-electron chi connectivity index (χ0n) is 25.4. The zero-order chi connectivity index (χ0) is 28.1. The number of esters is 1. The second-order valence-electron chi connectivity index (χ2n) is 14.1. The molecule has 0 bridgehead atoms. The number of fused-ring (bicyclic) bond motifs is 3. The third-order valence-electron chi connectivity index (χ3n) is 11.7. The molecule has 2 fully saturated rings. The van der Waals surface area contributed by atoms with Gasteiger partial charge in [-0.3, -0.25) is 4.79 Å². The Bertz CT molecular complexity index is 925. The maximum atomic E-state index is 12.6. The molecule has 3 aliphatic carbocycles. The smallest absolute Gasteiger partial charge is 0.306 e. The third-order valence-corrected chi connectivity index (χ3v) is 11.7. The van der Waals surface area contributed by atoms with E-state index >= 15 is 0 Å². The molecule has 0 aromatic carbocycles. The second kappa shape index (κ2) is 12.6. The highest BCUT2D eigenvalue weighted by atomic mass is 16.5. The quantitative estimate of drug-likeness (QED) is 0.154. The molecule has 0 saturated heterocycles. The number of carbonyl (C=O) groups is 1. The van der Waals surface area contributed by atoms with Crippen molar-refractivity contribution in [3.8, 4) is 12.1 Å². The molecule has 3 aliphatic rings. The van der Waals surface area contributed by atoms with Crippen LogP contribution < -0.4 is 0 Å². The van der Waals surface area contributed by atoms with Gasteiger partial charge in [0.1, 0.15) is 11.5 Å². The van der Waals surface area contributed by atoms with Gasteiger partial charge in [0.25, 0.3) is 0 Å². The summed E-state index contributed by atoms with van der Waals surface area (Å²) in [5, 5.41) is 18.8. The summed E-state index contributed by atoms with van der Waals surface area (Å²) in [6.07, 6.45) is 15.4. The van der Waals surface area contributed by atoms with E-state index < -0.39 is 5.41 Å². The summed E-state index contributed by atoms with van der Waals surface area (Å²) < 4.78 is 5.90. The number of allylic oxidation sites excluding steroid dienone is 1. The third kappa shape index (κ3) is 6.32. The van der Waals surface area contributed by atoms with Gasteiger partial charge in [0, 0.05) is 12.8 Å². The molecule has 0 aliphatic heterocycles. The van der Waals surface area contributed by atoms with Crippen molar-refractivity contribution < 1.29 is 9.53 Å². The number of unbranched alkanes of at least 4 members (excludes halogenated alkanes) is 1. The van der Waals surface area contributed by atoms with Gasteiger partial charge in [0.15, 0.2) is 0 Å². The molecule has 3 rings (SSSR count). The SMILES string of the molecule is CCC(C#N)(C#N)CCC(=O)OC1CC[C@@]2(C)C(=CC[C@H]3C(C)C(C)(C(C)CCCCC(C)C)CCC32)C1. The molecule has 0 N–H and O–H groups in total. The predicted molar refractivity (Wildman–Crippen MR) is 154 cm³/mol. The summed E-state index contributed by atoms with van der Waals surface area (Å²) in [7, 11) is 0. The van der Waals surface area contributed by atoms with E-state index in [2.05, 4.69) is 59.8 Å². The Balaban J connectivity index is 1.60. The highest BCUT2D eigenvalue weighted by molar-refractivity contribution is 5.69. The fourth-order valence-corrected chi connectivity index (χ4v) is 8.29. The lowest BCUT2D eigenvalue weighted by molar-refractivity contribution is -0.152. The predicted octanol–water partition coefficient (Wildman–Crippen LogP) is 9.16. The molecule has 0 aromatic heterocycles. The first kappa shape index (κ1) is 30.7. The first-order valence-electron chi connectivity index (χ1n) is 15.7. The van der Waals surface area contributed by atoms with Gasteiger partial charge in [0.2, 0.25) is 0 Å². The monoisotopic (exact) mass is 522 g/mol. The van der Waals surface area contributed by atoms with E-state index in [1.165, 1.54) is 44.1 Å². The van der Waals surface area contributed by atoms with Gasteiger partial charge in [-0.2, -0.15) is 10.5 Å². The fraction of sp³-hybridized carbons (Fsp3) is 0.853. The molecule has 2 saturated carbocycles. The summed E-state index contributed by atoms with van der Waals surface area (Å²) >= 11 is 0. The fourth-order valence-electron chi connectivity index (χ4n) is 8.29. The average Bonchev–Trinajstić information content (AvgIpc) is 2.89. The van der Waals surface area contributed by atoms with E-state index in [9.17, 15) is 15.3 Å². The standard InChI is InChI=1S/C34H54N2O2/c1-8-34(22-35,23-36)20-17-31(37)38-28-15-18-33(7)27(21-28)13-14-29-26(5)32(6,19-16-30(29)33)25(4)12-10-9-11-24(2)3/h13,24-26,28-30H,8-12,14-21H2,1-7H3/t25?,26?,28?,29-,30?,32?,33-/m0/s1. The van der Waals surface area contributed by atoms with Crippen molar-refractivity contribution in [2.45, 2.75) is 138 Å². The Labute approximate surface area is 233 Å². The lowest BCUT2D eigenvalue weighted by Gasteiger charge is -2.59. The summed E-state index contributed by atoms with van der Waals surface area (Å²) in [6, 6.07) is 4.19. The highest BCUT2D eigenvalue weighted by Crippen LogP contribution is 2.63. The van der Waals surface area contributed by atoms with E-state index in [4.69, 9.17) is 4.74 Å². The first-order valence-corrected chi connectivity index (χ1v) is 15.7. The normalized spacial score (nSPS) is 33.8. The van der Waals surface area contributed by atoms with Crippen LogP contribution in [0.4, 0.5) is 0 Å². The Morgan fingerprint density at radius 3 is 2.45 bits per heavy atom. The number of hydrogen-bond donors (Lipinski definition) is 0. The molecule has 0 radical (unpaired) electrons. The molecule has 0 aromatic rings. The van der Waals surface area contributed by atoms with E-state index in [1.807, 2.05) is 6.92 Å². The van der Waals surface area contributed by atoms with Crippen molar-refractivity contribution in [3.05, 3.63) is 11.6 Å². The maximum Gasteiger partial charge on any atom is 0.306 e. The van der Waals surface area contributed by atoms with Crippen molar-refractivity contribution in [2.24, 2.45) is 45.8 Å². The minimum atomic E-state index is -1.08. The average molecular weight is 523 g/mol. The highest BCUT2D eigenvalue weighted by Gasteiger charge is 2.54. The largest absolute Gasteiger partial charge is 0.462 e. The molecule has 7 atom stereocenters. The Morgan fingerprint density at radius 2 is 1.82 bits per heavy atom. The van der Waals surface area contributed by atoms with Crippen LogP contribution >= 0.6 is 0 Å². The van der Waals surface area contributed by atoms with Crippen LogP contribution in [-0.2, 0) is 9.53 Å². The van der Waals surface area contributed by atoms with Crippen LogP contribution in [0.5, 0.6) is 0 Å². The molecule has 38 heavy (non-hydrogen) atoms. The van der Waals surface area contributed by atoms with Crippen LogP contribution in [0.25, 0.3) is 0 Å². The van der Waals surface area contributed by atoms with E-state index in [0.717, 1.165) is 55.3 Å². The number of nitrogens with zero attached hydrogens (tertiary/aromatic N) is 2. The van der Waals surface area contributed by atoms with Crippen molar-refractivity contribution in [1.29, 1.82) is 10.5 Å². The van der Waals surface area contributed by atoms with E-state index in [1.54, 1.807) is 0 Å². The molecule has 0 spiro atoms. The molecule has 4 nitrogen and oxygen atoms in total. The van der Waals surface area contributed by atoms with Crippen molar-refractivity contribution in [2.75, 3.05) is 0 Å². The van der Waals surface area contributed by atoms with Gasteiger partial charge in [-0.15, -0.1) is 0 Å². The van der Waals surface area contributed by atoms with Crippen LogP contribution in [0.2, 0.25) is 0 Å². The maximum absolute atomic E-state index is 12.6. The van der Waals surface area contributed by atoms with Crippen LogP contribution in [0.15, 0.2) is 11.6 Å². The Morgan fingerprint density at radius 1 is 1.13 bits per heavy atom. The molecular weight excluding hydrogens is 468 g/mol. The molecule has 212 valence electrons. The summed E-state index contributed by atoms with van der Waals surface area (Å²) in [5.74, 6) is 3.52. The summed E-state index contributed by atoms with van der Waals surface area (Å²) in [5.41, 5.74) is 1.08. The van der Waals surface area contributed by atoms with Gasteiger partial charge < -0.3 is 4.74 Å². The van der Waals surface area contributed by atoms with E-state index in [-0.39, 0.29) is 30.3 Å². The number of nitriles is 2. The summed E-state index contributed by atoms with van der Waals surface area (Å²) in [6.45, 7) is 16.6. The first-order chi connectivity index (χ1) is 17.9. The molecule has 4 heteroatoms. The Hall–Kier alpha value is -1.81. The van der Waals surface area contributed by atoms with Crippen LogP contribution in [0, 0.1) is 68.5 Å². The number of hydrogen-bond acceptors (Lipinski definition) is 4. The van der Waals surface area contributed by atoms with Gasteiger partial charge in [-0.1, -0.05) is 85.8 Å². The van der Waals surface area contributed by atoms with Crippen LogP contribution in [-0.4, -0.2) is 12.1 Å². The minimum absolute atomic E-state index is 0.0734. The molecule has 0 heterocycles. The molecule has 0 amide bonds. The van der Waals surface area contributed by atoms with Gasteiger partial charge in [-0.05, 0) is 85.4 Å². The van der Waals surface area contributed by atoms with Gasteiger partial charge in [-0.25, -0.2) is 0 Å². The van der Waals surface area contributed by atoms with E-state index in [0.29, 0.717) is 11.8 Å². The molecular formula is C34H54N2O2. The lowest BCUT2D eigenvalue weighted by atomic mass is 9.46. The molecule has 5 unspecified atom stereocenters. The number of rotatable bonds is 11. The van der Waals surface area contributed by atoms with Gasteiger partial charge >= 0.3 is 5.97 Å². The number of carbonyl (C=O) groups excluding carboxylic acids is 1. The lowest BCUT2D eigenvalue weighted by Crippen LogP contribution is -2.51. The van der Waals surface area contributed by atoms with Crippen molar-refractivity contribution in [3.63, 3.8) is 0 Å².